The smallest absolute Gasteiger partial charge is 0.0794 e. The van der Waals surface area contributed by atoms with Crippen molar-refractivity contribution in [2.45, 2.75) is 6.54 Å². The van der Waals surface area contributed by atoms with Crippen LogP contribution in [0.2, 0.25) is 0 Å². The van der Waals surface area contributed by atoms with Crippen LogP contribution in [0, 0.1) is 0 Å². The van der Waals surface area contributed by atoms with Crippen molar-refractivity contribution in [2.75, 3.05) is 5.32 Å². The Morgan fingerprint density at radius 1 is 1.11 bits per heavy atom. The van der Waals surface area contributed by atoms with Crippen LogP contribution in [0.4, 0.5) is 5.69 Å². The number of fused-ring (bicyclic) bond motifs is 1. The molecule has 2 aromatic carbocycles. The summed E-state index contributed by atoms with van der Waals surface area (Å²) < 4.78 is 1.13. The highest BCUT2D eigenvalue weighted by molar-refractivity contribution is 9.10. The van der Waals surface area contributed by atoms with Crippen molar-refractivity contribution < 1.29 is 0 Å². The van der Waals surface area contributed by atoms with Crippen LogP contribution in [0.5, 0.6) is 0 Å². The van der Waals surface area contributed by atoms with Gasteiger partial charge in [-0.25, -0.2) is 0 Å². The zero-order chi connectivity index (χ0) is 12.4. The van der Waals surface area contributed by atoms with E-state index in [-0.39, 0.29) is 0 Å². The summed E-state index contributed by atoms with van der Waals surface area (Å²) in [6, 6.07) is 12.6. The molecule has 0 aliphatic carbocycles. The van der Waals surface area contributed by atoms with Gasteiger partial charge in [0.25, 0.3) is 0 Å². The van der Waals surface area contributed by atoms with Crippen LogP contribution in [-0.2, 0) is 6.54 Å². The first-order valence-corrected chi connectivity index (χ1v) is 7.30. The van der Waals surface area contributed by atoms with Crippen molar-refractivity contribution in [3.05, 3.63) is 57.5 Å². The van der Waals surface area contributed by atoms with Crippen LogP contribution >= 0.6 is 27.3 Å². The predicted molar refractivity (Wildman–Crippen MR) is 81.1 cm³/mol. The minimum absolute atomic E-state index is 0.816. The van der Waals surface area contributed by atoms with Gasteiger partial charge in [0.15, 0.2) is 0 Å². The van der Waals surface area contributed by atoms with Crippen LogP contribution < -0.4 is 5.32 Å². The van der Waals surface area contributed by atoms with Gasteiger partial charge < -0.3 is 5.32 Å². The Kier molecular flexibility index (Phi) is 3.30. The maximum atomic E-state index is 4.08. The van der Waals surface area contributed by atoms with E-state index in [1.54, 1.807) is 11.3 Å². The van der Waals surface area contributed by atoms with E-state index >= 15 is 0 Å². The molecule has 0 atom stereocenters. The van der Waals surface area contributed by atoms with Gasteiger partial charge in [0.05, 0.1) is 12.1 Å². The Morgan fingerprint density at radius 2 is 1.94 bits per heavy atom. The predicted octanol–water partition coefficient (Wildman–Crippen LogP) is 4.67. The van der Waals surface area contributed by atoms with Gasteiger partial charge in [-0.05, 0) is 17.5 Å². The van der Waals surface area contributed by atoms with Crippen LogP contribution in [-0.4, -0.2) is 4.98 Å². The molecule has 0 bridgehead atoms. The molecule has 0 spiro atoms. The zero-order valence-electron chi connectivity index (χ0n) is 9.56. The number of hydrogen-bond donors (Lipinski definition) is 1. The summed E-state index contributed by atoms with van der Waals surface area (Å²) in [6.07, 6.45) is 1.90. The molecule has 0 fully saturated rings. The molecule has 1 aromatic heterocycles. The molecule has 0 aliphatic heterocycles. The Morgan fingerprint density at radius 3 is 2.72 bits per heavy atom. The number of nitrogens with zero attached hydrogens (tertiary/aromatic N) is 1. The average Bonchev–Trinajstić information content (AvgIpc) is 2.92. The van der Waals surface area contributed by atoms with E-state index in [1.165, 1.54) is 15.6 Å². The van der Waals surface area contributed by atoms with Gasteiger partial charge in [0, 0.05) is 26.6 Å². The van der Waals surface area contributed by atoms with Gasteiger partial charge in [-0.1, -0.05) is 40.2 Å². The Hall–Kier alpha value is -1.39. The van der Waals surface area contributed by atoms with Crippen molar-refractivity contribution in [1.82, 2.24) is 4.98 Å². The summed E-state index contributed by atoms with van der Waals surface area (Å²) in [5.74, 6) is 0. The summed E-state index contributed by atoms with van der Waals surface area (Å²) in [5, 5.41) is 5.93. The molecule has 0 aliphatic rings. The van der Waals surface area contributed by atoms with Crippen LogP contribution in [0.3, 0.4) is 0 Å². The summed E-state index contributed by atoms with van der Waals surface area (Å²) >= 11 is 5.25. The molecule has 18 heavy (non-hydrogen) atoms. The largest absolute Gasteiger partial charge is 0.380 e. The lowest BCUT2D eigenvalue weighted by Crippen LogP contribution is -1.98. The normalized spacial score (nSPS) is 10.7. The molecule has 0 unspecified atom stereocenters. The molecule has 0 saturated heterocycles. The van der Waals surface area contributed by atoms with Gasteiger partial charge in [-0.15, -0.1) is 11.3 Å². The number of hydrogen-bond acceptors (Lipinski definition) is 3. The number of thiazole rings is 1. The van der Waals surface area contributed by atoms with E-state index in [2.05, 4.69) is 62.6 Å². The van der Waals surface area contributed by atoms with Gasteiger partial charge in [0.1, 0.15) is 0 Å². The quantitative estimate of drug-likeness (QED) is 0.759. The molecule has 1 N–H and O–H groups in total. The van der Waals surface area contributed by atoms with Crippen molar-refractivity contribution in [2.24, 2.45) is 0 Å². The number of rotatable bonds is 3. The molecule has 3 aromatic rings. The fourth-order valence-electron chi connectivity index (χ4n) is 1.93. The Balaban J connectivity index is 1.94. The van der Waals surface area contributed by atoms with E-state index in [1.807, 2.05) is 11.7 Å². The number of nitrogens with one attached hydrogen (secondary N) is 1. The second-order valence-corrected chi connectivity index (χ2v) is 5.79. The van der Waals surface area contributed by atoms with Crippen LogP contribution in [0.1, 0.15) is 4.88 Å². The zero-order valence-corrected chi connectivity index (χ0v) is 12.0. The van der Waals surface area contributed by atoms with E-state index in [4.69, 9.17) is 0 Å². The lowest BCUT2D eigenvalue weighted by Gasteiger charge is -2.10. The fraction of sp³-hybridized carbons (Fsp3) is 0.0714. The van der Waals surface area contributed by atoms with Gasteiger partial charge >= 0.3 is 0 Å². The minimum Gasteiger partial charge on any atom is -0.380 e. The molecule has 0 radical (unpaired) electrons. The lowest BCUT2D eigenvalue weighted by atomic mass is 10.1. The number of anilines is 1. The second-order valence-electron chi connectivity index (χ2n) is 3.96. The van der Waals surface area contributed by atoms with Crippen molar-refractivity contribution in [3.63, 3.8) is 0 Å². The highest BCUT2D eigenvalue weighted by atomic mass is 79.9. The monoisotopic (exact) mass is 318 g/mol. The Labute approximate surface area is 118 Å². The van der Waals surface area contributed by atoms with E-state index in [0.29, 0.717) is 0 Å². The van der Waals surface area contributed by atoms with Crippen LogP contribution in [0.25, 0.3) is 10.8 Å². The standard InChI is InChI=1S/C14H11BrN2S/c15-13-5-6-14(12-4-2-1-3-11(12)13)17-8-10-7-16-9-18-10/h1-7,9,17H,8H2. The lowest BCUT2D eigenvalue weighted by molar-refractivity contribution is 1.18. The van der Waals surface area contributed by atoms with Gasteiger partial charge in [0.2, 0.25) is 0 Å². The maximum Gasteiger partial charge on any atom is 0.0794 e. The first-order chi connectivity index (χ1) is 8.84. The summed E-state index contributed by atoms with van der Waals surface area (Å²) in [6.45, 7) is 0.816. The number of benzene rings is 2. The summed E-state index contributed by atoms with van der Waals surface area (Å²) in [7, 11) is 0. The molecule has 3 rings (SSSR count). The highest BCUT2D eigenvalue weighted by Crippen LogP contribution is 2.30. The van der Waals surface area contributed by atoms with Crippen molar-refractivity contribution in [1.29, 1.82) is 0 Å². The third-order valence-electron chi connectivity index (χ3n) is 2.81. The number of aromatic nitrogens is 1. The third-order valence-corrected chi connectivity index (χ3v) is 4.28. The topological polar surface area (TPSA) is 24.9 Å². The van der Waals surface area contributed by atoms with Crippen molar-refractivity contribution in [3.8, 4) is 0 Å². The average molecular weight is 319 g/mol. The first kappa shape index (κ1) is 11.7. The molecule has 90 valence electrons. The third kappa shape index (κ3) is 2.26. The molecule has 4 heteroatoms. The molecule has 2 nitrogen and oxygen atoms in total. The number of halogens is 1. The van der Waals surface area contributed by atoms with E-state index in [9.17, 15) is 0 Å². The van der Waals surface area contributed by atoms with E-state index < -0.39 is 0 Å². The van der Waals surface area contributed by atoms with Crippen LogP contribution in [0.15, 0.2) is 52.6 Å². The summed E-state index contributed by atoms with van der Waals surface area (Å²) in [5.41, 5.74) is 3.01. The first-order valence-electron chi connectivity index (χ1n) is 5.63. The maximum absolute atomic E-state index is 4.08. The highest BCUT2D eigenvalue weighted by Gasteiger charge is 2.03. The fourth-order valence-corrected chi connectivity index (χ4v) is 2.94. The van der Waals surface area contributed by atoms with E-state index in [0.717, 1.165) is 16.7 Å². The second kappa shape index (κ2) is 5.08. The van der Waals surface area contributed by atoms with Crippen molar-refractivity contribution >= 4 is 43.7 Å². The molecular formula is C14H11BrN2S. The van der Waals surface area contributed by atoms with Gasteiger partial charge in [-0.2, -0.15) is 0 Å². The molecular weight excluding hydrogens is 308 g/mol. The molecule has 1 heterocycles. The summed E-state index contributed by atoms with van der Waals surface area (Å²) in [4.78, 5) is 5.32. The molecule has 0 saturated carbocycles. The molecule has 0 amide bonds. The minimum atomic E-state index is 0.816. The van der Waals surface area contributed by atoms with Gasteiger partial charge in [-0.3, -0.25) is 4.98 Å². The Bertz CT molecular complexity index is 665. The SMILES string of the molecule is Brc1ccc(NCc2cncs2)c2ccccc12.